The molecule has 0 aliphatic heterocycles. The summed E-state index contributed by atoms with van der Waals surface area (Å²) in [4.78, 5) is 75.5. The van der Waals surface area contributed by atoms with Gasteiger partial charge >= 0.3 is 23.9 Å². The van der Waals surface area contributed by atoms with E-state index in [1.54, 1.807) is 0 Å². The highest BCUT2D eigenvalue weighted by atomic mass is 16.5. The summed E-state index contributed by atoms with van der Waals surface area (Å²) in [5, 5.41) is 46.9. The average Bonchev–Trinajstić information content (AvgIpc) is 2.65. The van der Waals surface area contributed by atoms with Gasteiger partial charge in [-0.2, -0.15) is 0 Å². The first-order valence-electron chi connectivity index (χ1n) is 9.38. The van der Waals surface area contributed by atoms with Crippen LogP contribution in [0.25, 0.3) is 0 Å². The zero-order valence-corrected chi connectivity index (χ0v) is 21.3. The molecule has 0 radical (unpaired) electrons. The van der Waals surface area contributed by atoms with E-state index in [4.69, 9.17) is 30.6 Å². The summed E-state index contributed by atoms with van der Waals surface area (Å²) in [6.45, 7) is 2.72. The van der Waals surface area contributed by atoms with E-state index in [1.165, 1.54) is 27.7 Å². The summed E-state index contributed by atoms with van der Waals surface area (Å²) in [5.41, 5.74) is 17.9. The van der Waals surface area contributed by atoms with Crippen LogP contribution in [0.1, 0.15) is 27.7 Å². The van der Waals surface area contributed by atoms with Gasteiger partial charge in [-0.3, -0.25) is 19.2 Å². The molecule has 0 aromatic heterocycles. The second-order valence-corrected chi connectivity index (χ2v) is 5.45. The first-order chi connectivity index (χ1) is 17.1. The number of aliphatic hydroxyl groups is 2. The molecule has 0 unspecified atom stereocenters. The number of aliphatic carboxylic acids is 4. The number of amides is 4. The molecule has 20 heteroatoms. The SMILES string of the molecule is CC(N)=O.CC(N)=O.CC(N)=O.CC(N)=O.O=C(O)COCC(=O)O.O=C(O)COCC(=O)O.OCCO. The third-order valence-electron chi connectivity index (χ3n) is 1.00. The van der Waals surface area contributed by atoms with Gasteiger partial charge in [-0.15, -0.1) is 0 Å². The van der Waals surface area contributed by atoms with Crippen LogP contribution in [0.4, 0.5) is 0 Å². The molecule has 226 valence electrons. The lowest BCUT2D eigenvalue weighted by Crippen LogP contribution is -2.13. The minimum Gasteiger partial charge on any atom is -0.480 e. The zero-order valence-electron chi connectivity index (χ0n) is 21.3. The van der Waals surface area contributed by atoms with Crippen molar-refractivity contribution in [2.75, 3.05) is 39.6 Å². The fraction of sp³-hybridized carbons (Fsp3) is 0.556. The summed E-state index contributed by atoms with van der Waals surface area (Å²) in [7, 11) is 0. The van der Waals surface area contributed by atoms with Gasteiger partial charge in [-0.1, -0.05) is 0 Å². The maximum absolute atomic E-state index is 9.66. The molecular weight excluding hydrogens is 528 g/mol. The van der Waals surface area contributed by atoms with Crippen LogP contribution >= 0.6 is 0 Å². The van der Waals surface area contributed by atoms with Crippen LogP contribution in [0.3, 0.4) is 0 Å². The molecule has 0 spiro atoms. The fourth-order valence-corrected chi connectivity index (χ4v) is 0.451. The second-order valence-electron chi connectivity index (χ2n) is 5.45. The molecule has 0 heterocycles. The van der Waals surface area contributed by atoms with Crippen LogP contribution in [0.15, 0.2) is 0 Å². The number of hydrogen-bond acceptors (Lipinski definition) is 12. The standard InChI is InChI=1S/2C4H6O5.4C2H5NO.C2H6O2/c2*5-3(6)1-9-2-4(7)8;4*1-2(3)4;3-1-2-4/h2*1-2H2,(H,5,6)(H,7,8);4*1H3,(H2,3,4);3-4H,1-2H2. The van der Waals surface area contributed by atoms with Crippen LogP contribution in [0.2, 0.25) is 0 Å². The smallest absolute Gasteiger partial charge is 0.329 e. The van der Waals surface area contributed by atoms with Gasteiger partial charge in [0.15, 0.2) is 0 Å². The van der Waals surface area contributed by atoms with E-state index in [0.29, 0.717) is 0 Å². The Kier molecular flexibility index (Phi) is 56.8. The van der Waals surface area contributed by atoms with Crippen LogP contribution in [0, 0.1) is 0 Å². The van der Waals surface area contributed by atoms with E-state index in [2.05, 4.69) is 32.4 Å². The van der Waals surface area contributed by atoms with E-state index >= 15 is 0 Å². The maximum atomic E-state index is 9.66. The molecule has 0 bridgehead atoms. The van der Waals surface area contributed by atoms with E-state index in [1.807, 2.05) is 0 Å². The molecule has 0 aromatic carbocycles. The minimum absolute atomic E-state index is 0.125. The van der Waals surface area contributed by atoms with E-state index in [-0.39, 0.29) is 36.8 Å². The number of carbonyl (C=O) groups excluding carboxylic acids is 4. The molecule has 0 aromatic rings. The van der Waals surface area contributed by atoms with Gasteiger partial charge in [0.2, 0.25) is 23.6 Å². The van der Waals surface area contributed by atoms with Crippen molar-refractivity contribution in [3.8, 4) is 0 Å². The third kappa shape index (κ3) is 400. The number of carbonyl (C=O) groups is 8. The monoisotopic (exact) mass is 566 g/mol. The summed E-state index contributed by atoms with van der Waals surface area (Å²) in [6, 6.07) is 0. The fourth-order valence-electron chi connectivity index (χ4n) is 0.451. The molecule has 38 heavy (non-hydrogen) atoms. The van der Waals surface area contributed by atoms with Crippen molar-refractivity contribution in [1.29, 1.82) is 0 Å². The largest absolute Gasteiger partial charge is 0.480 e. The lowest BCUT2D eigenvalue weighted by atomic mass is 10.7. The minimum atomic E-state index is -1.17. The molecule has 0 saturated carbocycles. The molecule has 0 rings (SSSR count). The molecule has 0 aliphatic rings. The highest BCUT2D eigenvalue weighted by molar-refractivity contribution is 5.72. The van der Waals surface area contributed by atoms with Gasteiger partial charge in [0.05, 0.1) is 13.2 Å². The number of rotatable bonds is 9. The Morgan fingerprint density at radius 2 is 0.553 bits per heavy atom. The molecule has 0 saturated heterocycles. The normalized spacial score (nSPS) is 7.63. The van der Waals surface area contributed by atoms with Crippen molar-refractivity contribution in [2.24, 2.45) is 22.9 Å². The average molecular weight is 567 g/mol. The molecular formula is C18H38N4O16. The molecule has 0 atom stereocenters. The zero-order chi connectivity index (χ0) is 32.3. The Labute approximate surface area is 217 Å². The molecule has 0 fully saturated rings. The second kappa shape index (κ2) is 42.7. The predicted octanol–water partition coefficient (Wildman–Crippen LogP) is -4.72. The first kappa shape index (κ1) is 50.5. The van der Waals surface area contributed by atoms with Crippen LogP contribution in [-0.4, -0.2) is 118 Å². The van der Waals surface area contributed by atoms with Crippen molar-refractivity contribution in [1.82, 2.24) is 0 Å². The quantitative estimate of drug-likeness (QED) is 0.125. The first-order valence-corrected chi connectivity index (χ1v) is 9.38. The van der Waals surface area contributed by atoms with Crippen molar-refractivity contribution in [3.63, 3.8) is 0 Å². The van der Waals surface area contributed by atoms with Crippen LogP contribution in [-0.2, 0) is 47.8 Å². The number of hydrogen-bond donors (Lipinski definition) is 10. The Bertz CT molecular complexity index is 547. The summed E-state index contributed by atoms with van der Waals surface area (Å²) >= 11 is 0. The third-order valence-corrected chi connectivity index (χ3v) is 1.00. The van der Waals surface area contributed by atoms with Gasteiger partial charge in [0, 0.05) is 27.7 Å². The number of ether oxygens (including phenoxy) is 2. The number of primary amides is 4. The number of carboxylic acids is 4. The molecule has 0 aliphatic carbocycles. The van der Waals surface area contributed by atoms with Crippen LogP contribution < -0.4 is 22.9 Å². The lowest BCUT2D eigenvalue weighted by Gasteiger charge is -1.92. The van der Waals surface area contributed by atoms with Crippen molar-refractivity contribution in [2.45, 2.75) is 27.7 Å². The van der Waals surface area contributed by atoms with Crippen molar-refractivity contribution in [3.05, 3.63) is 0 Å². The Hall–Kier alpha value is -4.40. The van der Waals surface area contributed by atoms with E-state index < -0.39 is 50.3 Å². The summed E-state index contributed by atoms with van der Waals surface area (Å²) in [5.74, 6) is -6.01. The van der Waals surface area contributed by atoms with E-state index in [0.717, 1.165) is 0 Å². The molecule has 14 N–H and O–H groups in total. The van der Waals surface area contributed by atoms with Gasteiger partial charge in [-0.05, 0) is 0 Å². The van der Waals surface area contributed by atoms with Gasteiger partial charge < -0.3 is 63.0 Å². The highest BCUT2D eigenvalue weighted by Crippen LogP contribution is 1.73. The van der Waals surface area contributed by atoms with E-state index in [9.17, 15) is 38.4 Å². The number of carboxylic acid groups (broad SMARTS) is 4. The topological polar surface area (TPSA) is 380 Å². The Balaban J connectivity index is -0.0000000616. The Morgan fingerprint density at radius 1 is 0.447 bits per heavy atom. The highest BCUT2D eigenvalue weighted by Gasteiger charge is 1.99. The van der Waals surface area contributed by atoms with Gasteiger partial charge in [0.1, 0.15) is 26.4 Å². The lowest BCUT2D eigenvalue weighted by molar-refractivity contribution is -0.150. The Morgan fingerprint density at radius 3 is 0.605 bits per heavy atom. The number of nitrogens with two attached hydrogens (primary N) is 4. The van der Waals surface area contributed by atoms with Crippen molar-refractivity contribution >= 4 is 47.5 Å². The van der Waals surface area contributed by atoms with Gasteiger partial charge in [-0.25, -0.2) is 19.2 Å². The molecule has 4 amide bonds. The van der Waals surface area contributed by atoms with Crippen LogP contribution in [0.5, 0.6) is 0 Å². The predicted molar refractivity (Wildman–Crippen MR) is 126 cm³/mol. The summed E-state index contributed by atoms with van der Waals surface area (Å²) in [6.07, 6.45) is 0. The maximum Gasteiger partial charge on any atom is 0.329 e. The van der Waals surface area contributed by atoms with Crippen molar-refractivity contribution < 1.29 is 78.5 Å². The summed E-state index contributed by atoms with van der Waals surface area (Å²) < 4.78 is 8.31. The number of aliphatic hydroxyl groups excluding tert-OH is 2. The van der Waals surface area contributed by atoms with Gasteiger partial charge in [0.25, 0.3) is 0 Å². The molecule has 20 nitrogen and oxygen atoms in total.